The van der Waals surface area contributed by atoms with E-state index in [9.17, 15) is 0 Å². The lowest BCUT2D eigenvalue weighted by molar-refractivity contribution is 0.148. The SMILES string of the molecule is C=C[C@H]1CC[C@H](c2ccc(-c3ccc(-c4ccc(COCC=CCC)cc4)c(F)c3)cc2)CC1. The maximum atomic E-state index is 15.0. The highest BCUT2D eigenvalue weighted by molar-refractivity contribution is 5.71. The molecule has 0 unspecified atom stereocenters. The fourth-order valence-electron chi connectivity index (χ4n) is 4.82. The largest absolute Gasteiger partial charge is 0.373 e. The first kappa shape index (κ1) is 24.2. The molecule has 2 heteroatoms. The number of allylic oxidation sites excluding steroid dienone is 2. The summed E-state index contributed by atoms with van der Waals surface area (Å²) in [6.45, 7) is 7.22. The van der Waals surface area contributed by atoms with Crippen LogP contribution in [0.25, 0.3) is 22.3 Å². The Morgan fingerprint density at radius 3 is 2.18 bits per heavy atom. The van der Waals surface area contributed by atoms with Crippen LogP contribution in [0.4, 0.5) is 4.39 Å². The van der Waals surface area contributed by atoms with Crippen molar-refractivity contribution in [3.8, 4) is 22.3 Å². The van der Waals surface area contributed by atoms with E-state index in [2.05, 4.69) is 49.9 Å². The van der Waals surface area contributed by atoms with E-state index in [0.29, 0.717) is 30.6 Å². The molecule has 3 aromatic carbocycles. The van der Waals surface area contributed by atoms with Gasteiger partial charge in [-0.05, 0) is 77.8 Å². The molecule has 0 radical (unpaired) electrons. The zero-order valence-corrected chi connectivity index (χ0v) is 20.2. The van der Waals surface area contributed by atoms with Gasteiger partial charge in [0.25, 0.3) is 0 Å². The van der Waals surface area contributed by atoms with E-state index in [1.165, 1.54) is 31.2 Å². The highest BCUT2D eigenvalue weighted by Gasteiger charge is 2.20. The summed E-state index contributed by atoms with van der Waals surface area (Å²) in [6.07, 6.45) is 12.2. The highest BCUT2D eigenvalue weighted by Crippen LogP contribution is 2.37. The van der Waals surface area contributed by atoms with Gasteiger partial charge in [0, 0.05) is 5.56 Å². The predicted octanol–water partition coefficient (Wildman–Crippen LogP) is 9.10. The zero-order valence-electron chi connectivity index (χ0n) is 20.2. The minimum atomic E-state index is -0.196. The number of benzene rings is 3. The quantitative estimate of drug-likeness (QED) is 0.231. The normalized spacial score (nSPS) is 18.3. The molecule has 3 aromatic rings. The van der Waals surface area contributed by atoms with Gasteiger partial charge in [-0.1, -0.05) is 85.8 Å². The maximum Gasteiger partial charge on any atom is 0.131 e. The molecule has 0 spiro atoms. The van der Waals surface area contributed by atoms with Crippen molar-refractivity contribution in [2.45, 2.75) is 51.6 Å². The summed E-state index contributed by atoms with van der Waals surface area (Å²) < 4.78 is 20.7. The molecule has 34 heavy (non-hydrogen) atoms. The van der Waals surface area contributed by atoms with Gasteiger partial charge >= 0.3 is 0 Å². The third kappa shape index (κ3) is 6.12. The van der Waals surface area contributed by atoms with Gasteiger partial charge in [0.05, 0.1) is 13.2 Å². The van der Waals surface area contributed by atoms with Crippen LogP contribution in [0.2, 0.25) is 0 Å². The summed E-state index contributed by atoms with van der Waals surface area (Å²) in [5, 5.41) is 0. The second-order valence-corrected chi connectivity index (χ2v) is 9.26. The topological polar surface area (TPSA) is 9.23 Å². The van der Waals surface area contributed by atoms with Crippen molar-refractivity contribution in [2.75, 3.05) is 6.61 Å². The minimum absolute atomic E-state index is 0.196. The average Bonchev–Trinajstić information content (AvgIpc) is 2.89. The van der Waals surface area contributed by atoms with Crippen molar-refractivity contribution in [3.05, 3.63) is 108 Å². The van der Waals surface area contributed by atoms with E-state index in [1.54, 1.807) is 6.07 Å². The molecule has 1 aliphatic carbocycles. The van der Waals surface area contributed by atoms with Gasteiger partial charge in [-0.2, -0.15) is 0 Å². The minimum Gasteiger partial charge on any atom is -0.373 e. The molecule has 0 heterocycles. The van der Waals surface area contributed by atoms with Crippen LogP contribution in [0, 0.1) is 11.7 Å². The van der Waals surface area contributed by atoms with Crippen LogP contribution in [0.1, 0.15) is 56.1 Å². The van der Waals surface area contributed by atoms with Crippen molar-refractivity contribution in [1.29, 1.82) is 0 Å². The van der Waals surface area contributed by atoms with E-state index < -0.39 is 0 Å². The van der Waals surface area contributed by atoms with E-state index in [0.717, 1.165) is 28.7 Å². The van der Waals surface area contributed by atoms with Gasteiger partial charge in [0.15, 0.2) is 0 Å². The number of halogens is 1. The van der Waals surface area contributed by atoms with Crippen molar-refractivity contribution in [3.63, 3.8) is 0 Å². The summed E-state index contributed by atoms with van der Waals surface area (Å²) in [5.74, 6) is 1.11. The average molecular weight is 455 g/mol. The number of rotatable bonds is 9. The Balaban J connectivity index is 1.40. The summed E-state index contributed by atoms with van der Waals surface area (Å²) >= 11 is 0. The lowest BCUT2D eigenvalue weighted by atomic mass is 9.78. The Labute approximate surface area is 204 Å². The van der Waals surface area contributed by atoms with E-state index in [1.807, 2.05) is 42.5 Å². The van der Waals surface area contributed by atoms with Gasteiger partial charge < -0.3 is 4.74 Å². The van der Waals surface area contributed by atoms with E-state index in [-0.39, 0.29) is 5.82 Å². The predicted molar refractivity (Wildman–Crippen MR) is 141 cm³/mol. The van der Waals surface area contributed by atoms with Crippen LogP contribution in [0.15, 0.2) is 91.5 Å². The molecule has 1 saturated carbocycles. The fraction of sp³-hybridized carbons (Fsp3) is 0.312. The molecular weight excluding hydrogens is 419 g/mol. The van der Waals surface area contributed by atoms with Crippen LogP contribution >= 0.6 is 0 Å². The second kappa shape index (κ2) is 11.9. The molecule has 0 amide bonds. The molecule has 0 saturated heterocycles. The zero-order chi connectivity index (χ0) is 23.8. The molecule has 0 aliphatic heterocycles. The Bertz CT molecular complexity index is 1090. The fourth-order valence-corrected chi connectivity index (χ4v) is 4.82. The molecule has 0 aromatic heterocycles. The first-order valence-corrected chi connectivity index (χ1v) is 12.5. The summed E-state index contributed by atoms with van der Waals surface area (Å²) in [4.78, 5) is 0. The lowest BCUT2D eigenvalue weighted by Gasteiger charge is -2.27. The smallest absolute Gasteiger partial charge is 0.131 e. The molecule has 4 rings (SSSR count). The number of hydrogen-bond acceptors (Lipinski definition) is 1. The highest BCUT2D eigenvalue weighted by atomic mass is 19.1. The summed E-state index contributed by atoms with van der Waals surface area (Å²) in [6, 6.07) is 22.2. The van der Waals surface area contributed by atoms with Crippen LogP contribution in [-0.4, -0.2) is 6.61 Å². The van der Waals surface area contributed by atoms with Crippen molar-refractivity contribution in [2.24, 2.45) is 5.92 Å². The monoisotopic (exact) mass is 454 g/mol. The first-order valence-electron chi connectivity index (χ1n) is 12.5. The van der Waals surface area contributed by atoms with Gasteiger partial charge in [-0.15, -0.1) is 6.58 Å². The Kier molecular flexibility index (Phi) is 8.49. The first-order chi connectivity index (χ1) is 16.7. The molecule has 0 N–H and O–H groups in total. The van der Waals surface area contributed by atoms with Crippen molar-refractivity contribution in [1.82, 2.24) is 0 Å². The van der Waals surface area contributed by atoms with Crippen LogP contribution < -0.4 is 0 Å². The van der Waals surface area contributed by atoms with Crippen molar-refractivity contribution < 1.29 is 9.13 Å². The van der Waals surface area contributed by atoms with Crippen LogP contribution in [0.3, 0.4) is 0 Å². The van der Waals surface area contributed by atoms with Gasteiger partial charge in [0.1, 0.15) is 5.82 Å². The molecule has 0 atom stereocenters. The molecule has 1 aliphatic rings. The number of ether oxygens (including phenoxy) is 1. The third-order valence-electron chi connectivity index (χ3n) is 6.94. The Morgan fingerprint density at radius 1 is 0.853 bits per heavy atom. The van der Waals surface area contributed by atoms with Crippen LogP contribution in [0.5, 0.6) is 0 Å². The molecule has 176 valence electrons. The lowest BCUT2D eigenvalue weighted by Crippen LogP contribution is -2.11. The standard InChI is InChI=1S/C32H35FO/c1-3-5-6-21-34-23-25-9-13-29(14-10-25)31-20-19-30(22-32(31)33)28-17-15-27(16-18-28)26-11-7-24(4-2)8-12-26/h4-6,9-10,13-20,22,24,26H,2-3,7-8,11-12,21,23H2,1H3/t24-,26-. The van der Waals surface area contributed by atoms with E-state index >= 15 is 4.39 Å². The Morgan fingerprint density at radius 2 is 1.53 bits per heavy atom. The molecule has 1 fully saturated rings. The van der Waals surface area contributed by atoms with Gasteiger partial charge in [0.2, 0.25) is 0 Å². The Hall–Kier alpha value is -2.97. The molecule has 1 nitrogen and oxygen atoms in total. The van der Waals surface area contributed by atoms with E-state index in [4.69, 9.17) is 4.74 Å². The molecular formula is C32H35FO. The van der Waals surface area contributed by atoms with Crippen LogP contribution in [-0.2, 0) is 11.3 Å². The van der Waals surface area contributed by atoms with Gasteiger partial charge in [-0.3, -0.25) is 0 Å². The summed E-state index contributed by atoms with van der Waals surface area (Å²) in [7, 11) is 0. The third-order valence-corrected chi connectivity index (χ3v) is 6.94. The maximum absolute atomic E-state index is 15.0. The summed E-state index contributed by atoms with van der Waals surface area (Å²) in [5.41, 5.74) is 5.95. The number of hydrogen-bond donors (Lipinski definition) is 0. The van der Waals surface area contributed by atoms with Crippen molar-refractivity contribution >= 4 is 0 Å². The second-order valence-electron chi connectivity index (χ2n) is 9.26. The van der Waals surface area contributed by atoms with Gasteiger partial charge in [-0.25, -0.2) is 4.39 Å². The molecule has 0 bridgehead atoms.